The molecule has 88 valence electrons. The third-order valence-corrected chi connectivity index (χ3v) is 3.31. The second-order valence-corrected chi connectivity index (χ2v) is 5.20. The van der Waals surface area contributed by atoms with Crippen molar-refractivity contribution in [1.29, 1.82) is 5.26 Å². The van der Waals surface area contributed by atoms with Crippen LogP contribution in [0.3, 0.4) is 0 Å². The molecule has 6 heteroatoms. The molecule has 0 aliphatic heterocycles. The van der Waals surface area contributed by atoms with Gasteiger partial charge in [-0.05, 0) is 34.7 Å². The van der Waals surface area contributed by atoms with Gasteiger partial charge in [-0.15, -0.1) is 0 Å². The number of nitrogens with zero attached hydrogens (tertiary/aromatic N) is 3. The monoisotopic (exact) mass is 294 g/mol. The lowest BCUT2D eigenvalue weighted by Crippen LogP contribution is -2.45. The Bertz CT molecular complexity index is 473. The molecule has 1 aliphatic rings. The fourth-order valence-corrected chi connectivity index (χ4v) is 2.27. The summed E-state index contributed by atoms with van der Waals surface area (Å²) in [6, 6.07) is 2.11. The Labute approximate surface area is 107 Å². The summed E-state index contributed by atoms with van der Waals surface area (Å²) in [5.74, 6) is 0.513. The third kappa shape index (κ3) is 2.29. The molecule has 1 amide bonds. The summed E-state index contributed by atoms with van der Waals surface area (Å²) in [4.78, 5) is 19.9. The smallest absolute Gasteiger partial charge is 0.246 e. The number of halogens is 1. The van der Waals surface area contributed by atoms with Gasteiger partial charge in [0.2, 0.25) is 5.91 Å². The molecule has 2 rings (SSSR count). The van der Waals surface area contributed by atoms with Crippen LogP contribution in [0.1, 0.15) is 19.8 Å². The van der Waals surface area contributed by atoms with Crippen LogP contribution in [0.4, 0.5) is 5.82 Å². The van der Waals surface area contributed by atoms with Crippen LogP contribution < -0.4 is 5.32 Å². The Morgan fingerprint density at radius 2 is 2.29 bits per heavy atom. The number of carbonyl (C=O) groups is 1. The van der Waals surface area contributed by atoms with E-state index in [0.717, 1.165) is 0 Å². The van der Waals surface area contributed by atoms with E-state index in [1.165, 1.54) is 12.4 Å². The van der Waals surface area contributed by atoms with Crippen molar-refractivity contribution in [2.75, 3.05) is 5.32 Å². The maximum absolute atomic E-state index is 12.0. The minimum Gasteiger partial charge on any atom is -0.308 e. The van der Waals surface area contributed by atoms with E-state index < -0.39 is 5.41 Å². The molecule has 0 radical (unpaired) electrons. The van der Waals surface area contributed by atoms with Gasteiger partial charge in [-0.25, -0.2) is 9.97 Å². The third-order valence-electron chi connectivity index (χ3n) is 2.90. The molecule has 1 fully saturated rings. The number of nitriles is 1. The summed E-state index contributed by atoms with van der Waals surface area (Å²) in [6.45, 7) is 2.03. The van der Waals surface area contributed by atoms with E-state index in [0.29, 0.717) is 29.2 Å². The van der Waals surface area contributed by atoms with E-state index >= 15 is 0 Å². The van der Waals surface area contributed by atoms with Crippen molar-refractivity contribution in [3.63, 3.8) is 0 Å². The van der Waals surface area contributed by atoms with Gasteiger partial charge in [-0.1, -0.05) is 6.92 Å². The highest BCUT2D eigenvalue weighted by Gasteiger charge is 2.49. The van der Waals surface area contributed by atoms with Crippen LogP contribution in [-0.2, 0) is 4.79 Å². The summed E-state index contributed by atoms with van der Waals surface area (Å²) in [6.07, 6.45) is 4.17. The molecule has 17 heavy (non-hydrogen) atoms. The second kappa shape index (κ2) is 4.41. The van der Waals surface area contributed by atoms with Gasteiger partial charge in [0.25, 0.3) is 0 Å². The molecule has 5 nitrogen and oxygen atoms in total. The lowest BCUT2D eigenvalue weighted by molar-refractivity contribution is -0.128. The predicted octanol–water partition coefficient (Wildman–Crippen LogP) is 2.12. The van der Waals surface area contributed by atoms with Crippen LogP contribution in [-0.4, -0.2) is 15.9 Å². The zero-order valence-corrected chi connectivity index (χ0v) is 10.9. The van der Waals surface area contributed by atoms with Crippen molar-refractivity contribution in [3.05, 3.63) is 17.0 Å². The molecule has 0 spiro atoms. The van der Waals surface area contributed by atoms with Crippen molar-refractivity contribution < 1.29 is 4.79 Å². The van der Waals surface area contributed by atoms with Crippen molar-refractivity contribution in [1.82, 2.24) is 9.97 Å². The largest absolute Gasteiger partial charge is 0.308 e. The topological polar surface area (TPSA) is 78.7 Å². The molecule has 1 aromatic heterocycles. The van der Waals surface area contributed by atoms with E-state index in [9.17, 15) is 4.79 Å². The number of nitrogens with one attached hydrogen (secondary N) is 1. The molecular formula is C11H11BrN4O. The molecule has 0 atom stereocenters. The summed E-state index contributed by atoms with van der Waals surface area (Å²) in [5.41, 5.74) is -0.881. The van der Waals surface area contributed by atoms with Crippen molar-refractivity contribution >= 4 is 27.7 Å². The lowest BCUT2D eigenvalue weighted by atomic mass is 9.63. The lowest BCUT2D eigenvalue weighted by Gasteiger charge is -2.38. The van der Waals surface area contributed by atoms with Gasteiger partial charge in [-0.2, -0.15) is 5.26 Å². The zero-order valence-electron chi connectivity index (χ0n) is 9.27. The number of amides is 1. The van der Waals surface area contributed by atoms with Crippen LogP contribution in [0.15, 0.2) is 17.0 Å². The average molecular weight is 295 g/mol. The minimum absolute atomic E-state index is 0.283. The Morgan fingerprint density at radius 1 is 1.59 bits per heavy atom. The second-order valence-electron chi connectivity index (χ2n) is 4.39. The first-order valence-corrected chi connectivity index (χ1v) is 6.05. The van der Waals surface area contributed by atoms with Gasteiger partial charge in [0.15, 0.2) is 5.82 Å². The fourth-order valence-electron chi connectivity index (χ4n) is 2.07. The van der Waals surface area contributed by atoms with Crippen LogP contribution in [0.25, 0.3) is 0 Å². The zero-order chi connectivity index (χ0) is 12.5. The fraction of sp³-hybridized carbons (Fsp3) is 0.455. The number of hydrogen-bond acceptors (Lipinski definition) is 4. The van der Waals surface area contributed by atoms with Gasteiger partial charge < -0.3 is 5.32 Å². The highest BCUT2D eigenvalue weighted by atomic mass is 79.9. The molecule has 0 saturated heterocycles. The van der Waals surface area contributed by atoms with Gasteiger partial charge in [0, 0.05) is 0 Å². The van der Waals surface area contributed by atoms with Crippen molar-refractivity contribution in [2.45, 2.75) is 19.8 Å². The van der Waals surface area contributed by atoms with Gasteiger partial charge in [-0.3, -0.25) is 4.79 Å². The first kappa shape index (κ1) is 12.0. The summed E-state index contributed by atoms with van der Waals surface area (Å²) in [7, 11) is 0. The number of carbonyl (C=O) groups excluding carboxylic acids is 1. The molecule has 1 saturated carbocycles. The van der Waals surface area contributed by atoms with E-state index in [2.05, 4.69) is 37.3 Å². The molecule has 1 aliphatic carbocycles. The maximum atomic E-state index is 12.0. The molecule has 1 N–H and O–H groups in total. The van der Waals surface area contributed by atoms with Crippen LogP contribution in [0.5, 0.6) is 0 Å². The predicted molar refractivity (Wildman–Crippen MR) is 64.8 cm³/mol. The van der Waals surface area contributed by atoms with Crippen LogP contribution in [0, 0.1) is 22.7 Å². The highest BCUT2D eigenvalue weighted by molar-refractivity contribution is 9.10. The number of anilines is 1. The maximum Gasteiger partial charge on any atom is 0.246 e. The Morgan fingerprint density at radius 3 is 2.76 bits per heavy atom. The minimum atomic E-state index is -0.881. The molecule has 1 aromatic rings. The summed E-state index contributed by atoms with van der Waals surface area (Å²) < 4.78 is 0.600. The van der Waals surface area contributed by atoms with Gasteiger partial charge >= 0.3 is 0 Å². The number of aromatic nitrogens is 2. The van der Waals surface area contributed by atoms with E-state index in [4.69, 9.17) is 5.26 Å². The highest BCUT2D eigenvalue weighted by Crippen LogP contribution is 2.45. The Kier molecular flexibility index (Phi) is 3.11. The Hall–Kier alpha value is -1.48. The standard InChI is InChI=1S/C11H11BrN4O/c1-7-2-11(3-7,6-13)10(17)16-9-5-14-8(12)4-15-9/h4-5,7H,2-3H2,1H3,(H,15,16,17). The quantitative estimate of drug-likeness (QED) is 0.906. The SMILES string of the molecule is CC1CC(C#N)(C(=O)Nc2cnc(Br)cn2)C1. The average Bonchev–Trinajstić information content (AvgIpc) is 2.27. The van der Waals surface area contributed by atoms with Crippen molar-refractivity contribution in [2.24, 2.45) is 11.3 Å². The van der Waals surface area contributed by atoms with Gasteiger partial charge in [0.05, 0.1) is 18.5 Å². The first-order chi connectivity index (χ1) is 8.05. The van der Waals surface area contributed by atoms with E-state index in [1.54, 1.807) is 0 Å². The van der Waals surface area contributed by atoms with Crippen LogP contribution >= 0.6 is 15.9 Å². The van der Waals surface area contributed by atoms with E-state index in [-0.39, 0.29) is 5.91 Å². The molecule has 0 bridgehead atoms. The normalized spacial score (nSPS) is 26.8. The molecule has 1 heterocycles. The first-order valence-electron chi connectivity index (χ1n) is 5.26. The van der Waals surface area contributed by atoms with Crippen LogP contribution in [0.2, 0.25) is 0 Å². The molecule has 0 unspecified atom stereocenters. The van der Waals surface area contributed by atoms with Gasteiger partial charge in [0.1, 0.15) is 10.0 Å². The van der Waals surface area contributed by atoms with E-state index in [1.807, 2.05) is 6.92 Å². The van der Waals surface area contributed by atoms with Crippen molar-refractivity contribution in [3.8, 4) is 6.07 Å². The number of hydrogen-bond donors (Lipinski definition) is 1. The number of rotatable bonds is 2. The summed E-state index contributed by atoms with van der Waals surface area (Å²) in [5, 5.41) is 11.7. The molecule has 0 aromatic carbocycles. The summed E-state index contributed by atoms with van der Waals surface area (Å²) >= 11 is 3.16. The Balaban J connectivity index is 2.07. The molecular weight excluding hydrogens is 284 g/mol.